The van der Waals surface area contributed by atoms with Crippen molar-refractivity contribution in [2.75, 3.05) is 18.4 Å². The molecule has 5 nitrogen and oxygen atoms in total. The molecule has 3 rings (SSSR count). The molecule has 3 aromatic carbocycles. The Balaban J connectivity index is 1.84. The first-order valence-corrected chi connectivity index (χ1v) is 12.1. The lowest BCUT2D eigenvalue weighted by molar-refractivity contribution is -0.116. The van der Waals surface area contributed by atoms with E-state index in [2.05, 4.69) is 5.32 Å². The third-order valence-corrected chi connectivity index (χ3v) is 7.27. The van der Waals surface area contributed by atoms with E-state index in [1.54, 1.807) is 24.3 Å². The van der Waals surface area contributed by atoms with Gasteiger partial charge in [-0.05, 0) is 62.9 Å². The molecule has 0 aliphatic carbocycles. The van der Waals surface area contributed by atoms with E-state index in [1.807, 2.05) is 70.2 Å². The molecular formula is C26H30N2O3S. The highest BCUT2D eigenvalue weighted by Crippen LogP contribution is 2.23. The summed E-state index contributed by atoms with van der Waals surface area (Å²) in [6, 6.07) is 20.4. The maximum Gasteiger partial charge on any atom is 0.243 e. The molecule has 0 fully saturated rings. The van der Waals surface area contributed by atoms with Crippen molar-refractivity contribution in [1.29, 1.82) is 0 Å². The second kappa shape index (κ2) is 10.1. The molecule has 32 heavy (non-hydrogen) atoms. The van der Waals surface area contributed by atoms with Gasteiger partial charge in [0.2, 0.25) is 15.9 Å². The van der Waals surface area contributed by atoms with Gasteiger partial charge in [-0.2, -0.15) is 4.31 Å². The Morgan fingerprint density at radius 2 is 1.44 bits per heavy atom. The minimum absolute atomic E-state index is 0.187. The van der Waals surface area contributed by atoms with Gasteiger partial charge in [0.15, 0.2) is 0 Å². The van der Waals surface area contributed by atoms with Crippen LogP contribution in [0.25, 0.3) is 0 Å². The number of nitrogens with one attached hydrogen (secondary N) is 1. The van der Waals surface area contributed by atoms with Gasteiger partial charge >= 0.3 is 0 Å². The summed E-state index contributed by atoms with van der Waals surface area (Å²) >= 11 is 0. The maximum absolute atomic E-state index is 13.4. The number of carbonyl (C=O) groups is 1. The highest BCUT2D eigenvalue weighted by atomic mass is 32.2. The van der Waals surface area contributed by atoms with Crippen molar-refractivity contribution in [3.05, 3.63) is 94.5 Å². The summed E-state index contributed by atoms with van der Waals surface area (Å²) in [5.41, 5.74) is 5.74. The molecule has 0 atom stereocenters. The summed E-state index contributed by atoms with van der Waals surface area (Å²) in [5, 5.41) is 2.92. The first-order valence-electron chi connectivity index (χ1n) is 10.7. The smallest absolute Gasteiger partial charge is 0.243 e. The van der Waals surface area contributed by atoms with Crippen LogP contribution >= 0.6 is 0 Å². The fourth-order valence-corrected chi connectivity index (χ4v) is 5.16. The van der Waals surface area contributed by atoms with E-state index in [1.165, 1.54) is 4.31 Å². The Hall–Kier alpha value is -2.96. The van der Waals surface area contributed by atoms with Crippen LogP contribution in [0.15, 0.2) is 71.6 Å². The lowest BCUT2D eigenvalue weighted by Crippen LogP contribution is -2.39. The summed E-state index contributed by atoms with van der Waals surface area (Å²) in [6.07, 6.45) is 0.516. The number of sulfonamides is 1. The van der Waals surface area contributed by atoms with Crippen LogP contribution in [0.5, 0.6) is 0 Å². The van der Waals surface area contributed by atoms with Gasteiger partial charge < -0.3 is 5.32 Å². The molecule has 0 aliphatic heterocycles. The summed E-state index contributed by atoms with van der Waals surface area (Å²) in [4.78, 5) is 13.1. The minimum Gasteiger partial charge on any atom is -0.324 e. The van der Waals surface area contributed by atoms with E-state index in [0.717, 1.165) is 33.5 Å². The van der Waals surface area contributed by atoms with Crippen LogP contribution in [0.1, 0.15) is 27.8 Å². The Labute approximate surface area is 191 Å². The number of anilines is 1. The molecule has 0 bridgehead atoms. The molecule has 0 unspecified atom stereocenters. The molecular weight excluding hydrogens is 420 g/mol. The molecule has 3 aromatic rings. The molecule has 168 valence electrons. The first-order chi connectivity index (χ1) is 15.2. The van der Waals surface area contributed by atoms with Crippen molar-refractivity contribution in [3.8, 4) is 0 Å². The van der Waals surface area contributed by atoms with Crippen molar-refractivity contribution in [1.82, 2.24) is 4.31 Å². The monoisotopic (exact) mass is 450 g/mol. The van der Waals surface area contributed by atoms with E-state index in [9.17, 15) is 13.2 Å². The minimum atomic E-state index is -3.83. The topological polar surface area (TPSA) is 66.5 Å². The molecule has 0 radical (unpaired) electrons. The van der Waals surface area contributed by atoms with Crippen molar-refractivity contribution in [2.24, 2.45) is 0 Å². The van der Waals surface area contributed by atoms with E-state index < -0.39 is 10.0 Å². The number of benzene rings is 3. The van der Waals surface area contributed by atoms with Crippen LogP contribution in [0.3, 0.4) is 0 Å². The average Bonchev–Trinajstić information content (AvgIpc) is 2.74. The molecule has 1 amide bonds. The van der Waals surface area contributed by atoms with Crippen LogP contribution in [0.2, 0.25) is 0 Å². The number of hydrogen-bond acceptors (Lipinski definition) is 3. The van der Waals surface area contributed by atoms with Crippen LogP contribution < -0.4 is 5.32 Å². The standard InChI is InChI=1S/C26H30N2O3S/c1-19-10-12-24(13-11-19)32(30,31)28(15-14-23-8-6-5-7-9-23)18-25(29)27-26-21(3)16-20(2)17-22(26)4/h5-13,16-17H,14-15,18H2,1-4H3,(H,27,29). The van der Waals surface area contributed by atoms with Gasteiger partial charge in [0.25, 0.3) is 0 Å². The average molecular weight is 451 g/mol. The van der Waals surface area contributed by atoms with Gasteiger partial charge in [0.1, 0.15) is 0 Å². The molecule has 6 heteroatoms. The zero-order chi connectivity index (χ0) is 23.3. The van der Waals surface area contributed by atoms with Crippen molar-refractivity contribution < 1.29 is 13.2 Å². The van der Waals surface area contributed by atoms with E-state index in [4.69, 9.17) is 0 Å². The zero-order valence-corrected chi connectivity index (χ0v) is 19.9. The van der Waals surface area contributed by atoms with Gasteiger partial charge in [0.05, 0.1) is 11.4 Å². The normalized spacial score (nSPS) is 11.5. The van der Waals surface area contributed by atoms with E-state index in [-0.39, 0.29) is 23.9 Å². The van der Waals surface area contributed by atoms with Crippen molar-refractivity contribution >= 4 is 21.6 Å². The molecule has 1 N–H and O–H groups in total. The highest BCUT2D eigenvalue weighted by Gasteiger charge is 2.27. The SMILES string of the molecule is Cc1ccc(S(=O)(=O)N(CCc2ccccc2)CC(=O)Nc2c(C)cc(C)cc2C)cc1. The molecule has 0 saturated heterocycles. The second-order valence-corrected chi connectivity index (χ2v) is 10.1. The largest absolute Gasteiger partial charge is 0.324 e. The third kappa shape index (κ3) is 5.84. The number of amides is 1. The van der Waals surface area contributed by atoms with Gasteiger partial charge in [-0.1, -0.05) is 65.7 Å². The molecule has 0 aliphatic rings. The zero-order valence-electron chi connectivity index (χ0n) is 19.1. The second-order valence-electron chi connectivity index (χ2n) is 8.21. The summed E-state index contributed by atoms with van der Waals surface area (Å²) in [5.74, 6) is -0.358. The van der Waals surface area contributed by atoms with Crippen molar-refractivity contribution in [2.45, 2.75) is 39.0 Å². The highest BCUT2D eigenvalue weighted by molar-refractivity contribution is 7.89. The van der Waals surface area contributed by atoms with Gasteiger partial charge in [-0.3, -0.25) is 4.79 Å². The summed E-state index contributed by atoms with van der Waals surface area (Å²) < 4.78 is 28.0. The van der Waals surface area contributed by atoms with Crippen molar-refractivity contribution in [3.63, 3.8) is 0 Å². The molecule has 0 aromatic heterocycles. The van der Waals surface area contributed by atoms with E-state index >= 15 is 0 Å². The third-order valence-electron chi connectivity index (χ3n) is 5.41. The van der Waals surface area contributed by atoms with Crippen LogP contribution in [0.4, 0.5) is 5.69 Å². The Bertz CT molecular complexity index is 1160. The maximum atomic E-state index is 13.4. The van der Waals surface area contributed by atoms with Gasteiger partial charge in [-0.25, -0.2) is 8.42 Å². The lowest BCUT2D eigenvalue weighted by atomic mass is 10.1. The first kappa shape index (κ1) is 23.7. The van der Waals surface area contributed by atoms with Gasteiger partial charge in [-0.15, -0.1) is 0 Å². The number of nitrogens with zero attached hydrogens (tertiary/aromatic N) is 1. The van der Waals surface area contributed by atoms with Crippen LogP contribution in [0, 0.1) is 27.7 Å². The summed E-state index contributed by atoms with van der Waals surface area (Å²) in [7, 11) is -3.83. The number of rotatable bonds is 8. The molecule has 0 saturated carbocycles. The predicted molar refractivity (Wildman–Crippen MR) is 129 cm³/mol. The Kier molecular flexibility index (Phi) is 7.48. The molecule has 0 spiro atoms. The van der Waals surface area contributed by atoms with E-state index in [0.29, 0.717) is 6.42 Å². The predicted octanol–water partition coefficient (Wildman–Crippen LogP) is 4.79. The fraction of sp³-hybridized carbons (Fsp3) is 0.269. The van der Waals surface area contributed by atoms with Crippen LogP contribution in [-0.2, 0) is 21.2 Å². The number of carbonyl (C=O) groups excluding carboxylic acids is 1. The van der Waals surface area contributed by atoms with Gasteiger partial charge in [0, 0.05) is 12.2 Å². The molecule has 0 heterocycles. The number of hydrogen-bond donors (Lipinski definition) is 1. The Morgan fingerprint density at radius 1 is 0.844 bits per heavy atom. The fourth-order valence-electron chi connectivity index (χ4n) is 3.76. The summed E-state index contributed by atoms with van der Waals surface area (Å²) in [6.45, 7) is 7.74. The Morgan fingerprint density at radius 3 is 2.03 bits per heavy atom. The lowest BCUT2D eigenvalue weighted by Gasteiger charge is -2.23. The van der Waals surface area contributed by atoms with Crippen LogP contribution in [-0.4, -0.2) is 31.7 Å². The number of aryl methyl sites for hydroxylation is 4. The quantitative estimate of drug-likeness (QED) is 0.536.